The van der Waals surface area contributed by atoms with Crippen molar-refractivity contribution < 1.29 is 19.1 Å². The van der Waals surface area contributed by atoms with Gasteiger partial charge in [0.05, 0.1) is 5.88 Å². The van der Waals surface area contributed by atoms with E-state index < -0.39 is 16.4 Å². The Morgan fingerprint density at radius 3 is 1.86 bits per heavy atom. The molecule has 4 nitrogen and oxygen atoms in total. The van der Waals surface area contributed by atoms with Crippen LogP contribution < -0.4 is 0 Å². The Bertz CT molecular complexity index is 173. The average molecular weight is 286 g/mol. The maximum atomic E-state index is 9.71. The van der Waals surface area contributed by atoms with E-state index in [4.69, 9.17) is 46.4 Å². The number of halogens is 4. The quantitative estimate of drug-likeness (QED) is 0.588. The first-order chi connectivity index (χ1) is 6.40. The third kappa shape index (κ3) is 22.7. The molecule has 0 bridgehead atoms. The lowest BCUT2D eigenvalue weighted by molar-refractivity contribution is 0.166. The fourth-order valence-corrected chi connectivity index (χ4v) is 0.661. The van der Waals surface area contributed by atoms with Crippen LogP contribution in [0.25, 0.3) is 0 Å². The maximum Gasteiger partial charge on any atom is 0.405 e. The minimum Gasteiger partial charge on any atom is -0.452 e. The lowest BCUT2D eigenvalue weighted by atomic mass is 10.9. The van der Waals surface area contributed by atoms with Crippen molar-refractivity contribution in [3.8, 4) is 0 Å². The van der Waals surface area contributed by atoms with Gasteiger partial charge in [0.25, 0.3) is 0 Å². The number of carbonyl (C=O) groups excluding carboxylic acids is 2. The molecule has 0 spiro atoms. The SMILES string of the molecule is CC(Cl)OC(=O)Cl.O=C(Cl)OCCCl. The van der Waals surface area contributed by atoms with Crippen molar-refractivity contribution in [2.75, 3.05) is 12.5 Å². The van der Waals surface area contributed by atoms with Gasteiger partial charge in [0.2, 0.25) is 0 Å². The number of alkyl halides is 2. The van der Waals surface area contributed by atoms with Crippen molar-refractivity contribution in [1.29, 1.82) is 0 Å². The maximum absolute atomic E-state index is 9.71. The van der Waals surface area contributed by atoms with E-state index in [1.165, 1.54) is 6.92 Å². The predicted molar refractivity (Wildman–Crippen MR) is 55.6 cm³/mol. The molecule has 84 valence electrons. The Morgan fingerprint density at radius 2 is 1.79 bits per heavy atom. The van der Waals surface area contributed by atoms with E-state index in [9.17, 15) is 9.59 Å². The highest BCUT2D eigenvalue weighted by Crippen LogP contribution is 1.98. The summed E-state index contributed by atoms with van der Waals surface area (Å²) in [7, 11) is 0. The Kier molecular flexibility index (Phi) is 13.2. The molecule has 14 heavy (non-hydrogen) atoms. The van der Waals surface area contributed by atoms with E-state index in [2.05, 4.69) is 9.47 Å². The van der Waals surface area contributed by atoms with Crippen molar-refractivity contribution in [3.63, 3.8) is 0 Å². The zero-order valence-electron chi connectivity index (χ0n) is 7.14. The molecular formula is C6H8Cl4O4. The summed E-state index contributed by atoms with van der Waals surface area (Å²) in [6.45, 7) is 1.69. The smallest absolute Gasteiger partial charge is 0.405 e. The van der Waals surface area contributed by atoms with Gasteiger partial charge < -0.3 is 9.47 Å². The molecule has 0 rings (SSSR count). The van der Waals surface area contributed by atoms with Crippen LogP contribution in [0.5, 0.6) is 0 Å². The van der Waals surface area contributed by atoms with E-state index >= 15 is 0 Å². The third-order valence-electron chi connectivity index (χ3n) is 0.548. The summed E-state index contributed by atoms with van der Waals surface area (Å²) in [6.07, 6.45) is 0. The van der Waals surface area contributed by atoms with E-state index in [0.29, 0.717) is 5.88 Å². The topological polar surface area (TPSA) is 52.6 Å². The molecule has 0 aromatic rings. The first-order valence-electron chi connectivity index (χ1n) is 3.28. The molecule has 0 aromatic heterocycles. The standard InChI is InChI=1S/2C3H4Cl2O2/c1-2(4)7-3(5)6;4-1-2-7-3(5)6/h2H,1H3;1-2H2. The molecule has 0 saturated heterocycles. The van der Waals surface area contributed by atoms with Gasteiger partial charge in [-0.15, -0.1) is 11.6 Å². The van der Waals surface area contributed by atoms with Gasteiger partial charge >= 0.3 is 10.9 Å². The summed E-state index contributed by atoms with van der Waals surface area (Å²) < 4.78 is 8.33. The van der Waals surface area contributed by atoms with Gasteiger partial charge in [-0.25, -0.2) is 9.59 Å². The molecule has 1 atom stereocenters. The van der Waals surface area contributed by atoms with Gasteiger partial charge in [-0.2, -0.15) is 0 Å². The zero-order chi connectivity index (χ0) is 11.6. The molecule has 0 fully saturated rings. The number of hydrogen-bond acceptors (Lipinski definition) is 4. The van der Waals surface area contributed by atoms with Crippen LogP contribution in [-0.2, 0) is 9.47 Å². The normalized spacial score (nSPS) is 10.6. The van der Waals surface area contributed by atoms with E-state index in [-0.39, 0.29) is 6.61 Å². The Morgan fingerprint density at radius 1 is 1.29 bits per heavy atom. The van der Waals surface area contributed by atoms with Crippen LogP contribution in [-0.4, -0.2) is 28.9 Å². The predicted octanol–water partition coefficient (Wildman–Crippen LogP) is 3.55. The van der Waals surface area contributed by atoms with Crippen molar-refractivity contribution in [2.24, 2.45) is 0 Å². The lowest BCUT2D eigenvalue weighted by Gasteiger charge is -1.97. The third-order valence-corrected chi connectivity index (χ3v) is 0.989. The molecule has 0 aliphatic carbocycles. The first kappa shape index (κ1) is 16.5. The Hall–Kier alpha value is 0.1000. The van der Waals surface area contributed by atoms with Crippen LogP contribution in [0.2, 0.25) is 0 Å². The summed E-state index contributed by atoms with van der Waals surface area (Å²) in [5.41, 5.74) is -2.31. The fraction of sp³-hybridized carbons (Fsp3) is 0.667. The molecule has 1 unspecified atom stereocenters. The highest BCUT2D eigenvalue weighted by Gasteiger charge is 1.98. The monoisotopic (exact) mass is 284 g/mol. The largest absolute Gasteiger partial charge is 0.452 e. The molecule has 0 aliphatic heterocycles. The van der Waals surface area contributed by atoms with Crippen LogP contribution in [0.15, 0.2) is 0 Å². The van der Waals surface area contributed by atoms with Crippen LogP contribution in [0, 0.1) is 0 Å². The number of hydrogen-bond donors (Lipinski definition) is 0. The summed E-state index contributed by atoms with van der Waals surface area (Å²) in [5.74, 6) is 0.290. The summed E-state index contributed by atoms with van der Waals surface area (Å²) in [4.78, 5) is 19.4. The highest BCUT2D eigenvalue weighted by atomic mass is 35.5. The number of carbonyl (C=O) groups is 2. The summed E-state index contributed by atoms with van der Waals surface area (Å²) >= 11 is 19.7. The molecule has 0 heterocycles. The second kappa shape index (κ2) is 11.2. The van der Waals surface area contributed by atoms with E-state index in [1.807, 2.05) is 0 Å². The Balaban J connectivity index is 0. The second-order valence-electron chi connectivity index (χ2n) is 1.67. The molecule has 0 saturated carbocycles. The Labute approximate surface area is 101 Å². The molecule has 0 N–H and O–H groups in total. The average Bonchev–Trinajstić information content (AvgIpc) is 1.99. The molecule has 8 heteroatoms. The van der Waals surface area contributed by atoms with Gasteiger partial charge in [0, 0.05) is 23.2 Å². The van der Waals surface area contributed by atoms with Gasteiger partial charge in [0.1, 0.15) is 6.61 Å². The van der Waals surface area contributed by atoms with Crippen molar-refractivity contribution in [3.05, 3.63) is 0 Å². The fourth-order valence-electron chi connectivity index (χ4n) is 0.246. The van der Waals surface area contributed by atoms with Crippen molar-refractivity contribution in [1.82, 2.24) is 0 Å². The van der Waals surface area contributed by atoms with E-state index in [1.54, 1.807) is 0 Å². The zero-order valence-corrected chi connectivity index (χ0v) is 10.2. The van der Waals surface area contributed by atoms with Gasteiger partial charge in [-0.3, -0.25) is 0 Å². The minimum absolute atomic E-state index is 0.184. The van der Waals surface area contributed by atoms with Crippen LogP contribution in [0.4, 0.5) is 9.59 Å². The second-order valence-corrected chi connectivity index (χ2v) is 3.28. The van der Waals surface area contributed by atoms with Gasteiger partial charge in [-0.05, 0) is 6.92 Å². The van der Waals surface area contributed by atoms with Crippen LogP contribution in [0.3, 0.4) is 0 Å². The summed E-state index contributed by atoms with van der Waals surface area (Å²) in [6, 6.07) is 0. The minimum atomic E-state index is -0.873. The number of ether oxygens (including phenoxy) is 2. The molecular weight excluding hydrogens is 278 g/mol. The first-order valence-corrected chi connectivity index (χ1v) is 5.01. The molecule has 0 amide bonds. The molecule has 0 aromatic carbocycles. The van der Waals surface area contributed by atoms with Crippen molar-refractivity contribution in [2.45, 2.75) is 12.5 Å². The van der Waals surface area contributed by atoms with Crippen LogP contribution in [0.1, 0.15) is 6.92 Å². The number of rotatable bonds is 3. The van der Waals surface area contributed by atoms with Gasteiger partial charge in [-0.1, -0.05) is 11.6 Å². The highest BCUT2D eigenvalue weighted by molar-refractivity contribution is 6.61. The molecule has 0 aliphatic rings. The summed E-state index contributed by atoms with van der Waals surface area (Å²) in [5, 5.41) is 0. The van der Waals surface area contributed by atoms with Gasteiger partial charge in [0.15, 0.2) is 5.56 Å². The van der Waals surface area contributed by atoms with Crippen LogP contribution >= 0.6 is 46.4 Å². The lowest BCUT2D eigenvalue weighted by Crippen LogP contribution is -1.99. The van der Waals surface area contributed by atoms with Crippen molar-refractivity contribution >= 4 is 57.3 Å². The molecule has 0 radical (unpaired) electrons. The van der Waals surface area contributed by atoms with E-state index in [0.717, 1.165) is 0 Å².